The minimum atomic E-state index is -0.150. The Labute approximate surface area is 119 Å². The molecule has 4 nitrogen and oxygen atoms in total. The molecule has 1 atom stereocenters. The molecular formula is C14H24N2O2S. The molecule has 0 spiro atoms. The number of carbonyl (C=O) groups excluding carboxylic acids is 1. The van der Waals surface area contributed by atoms with Crippen LogP contribution in [0.5, 0.6) is 0 Å². The Bertz CT molecular complexity index is 389. The Hall–Kier alpha value is -0.970. The summed E-state index contributed by atoms with van der Waals surface area (Å²) in [6.07, 6.45) is 4.71. The van der Waals surface area contributed by atoms with Gasteiger partial charge in [-0.25, -0.2) is 0 Å². The summed E-state index contributed by atoms with van der Waals surface area (Å²) in [6.45, 7) is 6.41. The molecule has 1 aromatic heterocycles. The van der Waals surface area contributed by atoms with Gasteiger partial charge in [-0.1, -0.05) is 20.8 Å². The molecule has 0 aromatic carbocycles. The van der Waals surface area contributed by atoms with Crippen molar-refractivity contribution in [3.63, 3.8) is 0 Å². The zero-order valence-electron chi connectivity index (χ0n) is 12.3. The Morgan fingerprint density at radius 2 is 2.16 bits per heavy atom. The Morgan fingerprint density at radius 3 is 2.74 bits per heavy atom. The van der Waals surface area contributed by atoms with Gasteiger partial charge in [0.2, 0.25) is 0 Å². The average Bonchev–Trinajstić information content (AvgIpc) is 2.86. The second kappa shape index (κ2) is 8.25. The molecule has 5 heteroatoms. The lowest BCUT2D eigenvalue weighted by molar-refractivity contribution is -0.140. The van der Waals surface area contributed by atoms with Crippen molar-refractivity contribution in [2.24, 2.45) is 0 Å². The van der Waals surface area contributed by atoms with E-state index in [1.807, 2.05) is 6.92 Å². The number of rotatable bonds is 8. The van der Waals surface area contributed by atoms with Crippen LogP contribution >= 0.6 is 11.8 Å². The molecular weight excluding hydrogens is 260 g/mol. The second-order valence-corrected chi connectivity index (χ2v) is 6.09. The van der Waals surface area contributed by atoms with Gasteiger partial charge in [-0.3, -0.25) is 9.48 Å². The molecule has 108 valence electrons. The highest BCUT2D eigenvalue weighted by Crippen LogP contribution is 2.21. The van der Waals surface area contributed by atoms with Crippen LogP contribution in [0.25, 0.3) is 0 Å². The normalized spacial score (nSPS) is 12.7. The fourth-order valence-electron chi connectivity index (χ4n) is 1.93. The predicted octanol–water partition coefficient (Wildman–Crippen LogP) is 3.43. The third-order valence-electron chi connectivity index (χ3n) is 3.18. The van der Waals surface area contributed by atoms with Gasteiger partial charge in [-0.05, 0) is 18.9 Å². The van der Waals surface area contributed by atoms with Gasteiger partial charge in [0.15, 0.2) is 0 Å². The maximum Gasteiger partial charge on any atom is 0.306 e. The van der Waals surface area contributed by atoms with Crippen molar-refractivity contribution in [1.29, 1.82) is 0 Å². The van der Waals surface area contributed by atoms with Crippen molar-refractivity contribution < 1.29 is 9.53 Å². The third kappa shape index (κ3) is 5.27. The van der Waals surface area contributed by atoms with Crippen LogP contribution in [-0.4, -0.2) is 28.1 Å². The van der Waals surface area contributed by atoms with Gasteiger partial charge < -0.3 is 4.74 Å². The SMILES string of the molecule is CCC(CC)n1ccc(CSC(C)CC(=O)OC)n1. The van der Waals surface area contributed by atoms with Crippen LogP contribution in [0.4, 0.5) is 0 Å². The van der Waals surface area contributed by atoms with Crippen molar-refractivity contribution in [3.05, 3.63) is 18.0 Å². The van der Waals surface area contributed by atoms with Crippen molar-refractivity contribution in [3.8, 4) is 0 Å². The summed E-state index contributed by atoms with van der Waals surface area (Å²) in [5.41, 5.74) is 1.08. The molecule has 19 heavy (non-hydrogen) atoms. The fraction of sp³-hybridized carbons (Fsp3) is 0.714. The van der Waals surface area contributed by atoms with Crippen LogP contribution in [-0.2, 0) is 15.3 Å². The highest BCUT2D eigenvalue weighted by Gasteiger charge is 2.12. The molecule has 1 heterocycles. The Kier molecular flexibility index (Phi) is 6.99. The molecule has 0 aliphatic carbocycles. The first kappa shape index (κ1) is 16.1. The zero-order chi connectivity index (χ0) is 14.3. The fourth-order valence-corrected chi connectivity index (χ4v) is 2.79. The number of esters is 1. The quantitative estimate of drug-likeness (QED) is 0.686. The van der Waals surface area contributed by atoms with Crippen LogP contribution in [0, 0.1) is 0 Å². The van der Waals surface area contributed by atoms with E-state index in [4.69, 9.17) is 0 Å². The molecule has 0 saturated heterocycles. The molecule has 0 N–H and O–H groups in total. The minimum Gasteiger partial charge on any atom is -0.469 e. The molecule has 1 aromatic rings. The van der Waals surface area contributed by atoms with Crippen molar-refractivity contribution in [2.45, 2.75) is 57.1 Å². The second-order valence-electron chi connectivity index (χ2n) is 4.66. The molecule has 0 aliphatic heterocycles. The van der Waals surface area contributed by atoms with Gasteiger partial charge in [-0.15, -0.1) is 0 Å². The van der Waals surface area contributed by atoms with E-state index in [1.165, 1.54) is 7.11 Å². The van der Waals surface area contributed by atoms with E-state index in [0.717, 1.165) is 24.3 Å². The number of aromatic nitrogens is 2. The summed E-state index contributed by atoms with van der Waals surface area (Å²) in [4.78, 5) is 11.1. The smallest absolute Gasteiger partial charge is 0.306 e. The molecule has 1 rings (SSSR count). The van der Waals surface area contributed by atoms with E-state index in [0.29, 0.717) is 12.5 Å². The van der Waals surface area contributed by atoms with E-state index in [1.54, 1.807) is 11.8 Å². The lowest BCUT2D eigenvalue weighted by Gasteiger charge is -2.12. The predicted molar refractivity (Wildman–Crippen MR) is 79.2 cm³/mol. The minimum absolute atomic E-state index is 0.150. The number of hydrogen-bond acceptors (Lipinski definition) is 4. The maximum atomic E-state index is 11.1. The monoisotopic (exact) mass is 284 g/mol. The lowest BCUT2D eigenvalue weighted by Crippen LogP contribution is -2.09. The van der Waals surface area contributed by atoms with Crippen LogP contribution in [0.15, 0.2) is 12.3 Å². The van der Waals surface area contributed by atoms with Crippen molar-refractivity contribution in [1.82, 2.24) is 9.78 Å². The first-order valence-corrected chi connectivity index (χ1v) is 7.88. The summed E-state index contributed by atoms with van der Waals surface area (Å²) in [7, 11) is 1.43. The van der Waals surface area contributed by atoms with Gasteiger partial charge in [0.25, 0.3) is 0 Å². The maximum absolute atomic E-state index is 11.1. The molecule has 0 aliphatic rings. The first-order chi connectivity index (χ1) is 9.10. The highest BCUT2D eigenvalue weighted by molar-refractivity contribution is 7.99. The molecule has 0 radical (unpaired) electrons. The lowest BCUT2D eigenvalue weighted by atomic mass is 10.2. The number of nitrogens with zero attached hydrogens (tertiary/aromatic N) is 2. The summed E-state index contributed by atoms with van der Waals surface area (Å²) in [5.74, 6) is 0.688. The van der Waals surface area contributed by atoms with E-state index in [-0.39, 0.29) is 11.2 Å². The zero-order valence-corrected chi connectivity index (χ0v) is 13.1. The van der Waals surface area contributed by atoms with Gasteiger partial charge in [0.05, 0.1) is 25.3 Å². The topological polar surface area (TPSA) is 44.1 Å². The van der Waals surface area contributed by atoms with Crippen LogP contribution in [0.3, 0.4) is 0 Å². The van der Waals surface area contributed by atoms with E-state index < -0.39 is 0 Å². The first-order valence-electron chi connectivity index (χ1n) is 6.83. The van der Waals surface area contributed by atoms with Gasteiger partial charge >= 0.3 is 5.97 Å². The molecule has 1 unspecified atom stereocenters. The Morgan fingerprint density at radius 1 is 1.47 bits per heavy atom. The third-order valence-corrected chi connectivity index (χ3v) is 4.38. The summed E-state index contributed by atoms with van der Waals surface area (Å²) >= 11 is 1.74. The van der Waals surface area contributed by atoms with Crippen molar-refractivity contribution >= 4 is 17.7 Å². The number of methoxy groups -OCH3 is 1. The standard InChI is InChI=1S/C14H24N2O2S/c1-5-13(6-2)16-8-7-12(15-16)10-19-11(3)9-14(17)18-4/h7-8,11,13H,5-6,9-10H2,1-4H3. The summed E-state index contributed by atoms with van der Waals surface area (Å²) in [5, 5.41) is 4.86. The van der Waals surface area contributed by atoms with E-state index in [9.17, 15) is 4.79 Å². The van der Waals surface area contributed by atoms with E-state index >= 15 is 0 Å². The number of ether oxygens (including phenoxy) is 1. The van der Waals surface area contributed by atoms with Crippen LogP contribution in [0.1, 0.15) is 51.8 Å². The molecule has 0 saturated carbocycles. The Balaban J connectivity index is 2.43. The van der Waals surface area contributed by atoms with Crippen LogP contribution in [0.2, 0.25) is 0 Å². The van der Waals surface area contributed by atoms with Gasteiger partial charge in [0, 0.05) is 17.2 Å². The largest absolute Gasteiger partial charge is 0.469 e. The summed E-state index contributed by atoms with van der Waals surface area (Å²) < 4.78 is 6.72. The van der Waals surface area contributed by atoms with Gasteiger partial charge in [-0.2, -0.15) is 16.9 Å². The average molecular weight is 284 g/mol. The van der Waals surface area contributed by atoms with E-state index in [2.05, 4.69) is 40.6 Å². The number of hydrogen-bond donors (Lipinski definition) is 0. The molecule has 0 bridgehead atoms. The van der Waals surface area contributed by atoms with Crippen LogP contribution < -0.4 is 0 Å². The number of carbonyl (C=O) groups is 1. The summed E-state index contributed by atoms with van der Waals surface area (Å²) in [6, 6.07) is 2.56. The number of thioether (sulfide) groups is 1. The molecule has 0 fully saturated rings. The highest BCUT2D eigenvalue weighted by atomic mass is 32.2. The van der Waals surface area contributed by atoms with Crippen molar-refractivity contribution in [2.75, 3.05) is 7.11 Å². The van der Waals surface area contributed by atoms with Gasteiger partial charge in [0.1, 0.15) is 0 Å². The molecule has 0 amide bonds.